The van der Waals surface area contributed by atoms with Gasteiger partial charge in [-0.15, -0.1) is 0 Å². The molecule has 0 aromatic carbocycles. The molecule has 1 rings (SSSR count). The van der Waals surface area contributed by atoms with Gasteiger partial charge >= 0.3 is 0 Å². The third kappa shape index (κ3) is 0.962. The summed E-state index contributed by atoms with van der Waals surface area (Å²) in [5, 5.41) is 2.73. The first-order valence-corrected chi connectivity index (χ1v) is 2.30. The number of hydrogen-bond acceptors (Lipinski definition) is 3. The monoisotopic (exact) mass is 101 g/mol. The number of ether oxygens (including phenoxy) is 1. The number of rotatable bonds is 2. The Labute approximate surface area is 41.6 Å². The molecule has 1 aliphatic rings. The van der Waals surface area contributed by atoms with Gasteiger partial charge in [0.05, 0.1) is 19.8 Å². The van der Waals surface area contributed by atoms with Crippen LogP contribution in [0.25, 0.3) is 0 Å². The second-order valence-electron chi connectivity index (χ2n) is 1.72. The Morgan fingerprint density at radius 1 is 1.71 bits per heavy atom. The Balaban J connectivity index is 2.03. The molecule has 0 radical (unpaired) electrons. The quantitative estimate of drug-likeness (QED) is 0.472. The lowest BCUT2D eigenvalue weighted by Crippen LogP contribution is -2.29. The van der Waals surface area contributed by atoms with Gasteiger partial charge in [-0.25, -0.2) is 0 Å². The van der Waals surface area contributed by atoms with Crippen LogP contribution < -0.4 is 0 Å². The summed E-state index contributed by atoms with van der Waals surface area (Å²) in [4.78, 5) is 9.50. The fourth-order valence-electron chi connectivity index (χ4n) is 0.495. The molecule has 0 saturated carbocycles. The van der Waals surface area contributed by atoms with Crippen LogP contribution in [0.1, 0.15) is 0 Å². The van der Waals surface area contributed by atoms with E-state index in [1.54, 1.807) is 0 Å². The zero-order valence-electron chi connectivity index (χ0n) is 3.96. The molecule has 0 N–H and O–H groups in total. The molecule has 3 heteroatoms. The van der Waals surface area contributed by atoms with Crippen molar-refractivity contribution in [2.24, 2.45) is 11.1 Å². The van der Waals surface area contributed by atoms with Crippen molar-refractivity contribution < 1.29 is 4.74 Å². The molecule has 0 aromatic heterocycles. The number of nitrogens with zero attached hydrogens (tertiary/aromatic N) is 1. The van der Waals surface area contributed by atoms with Crippen LogP contribution in [0.15, 0.2) is 5.18 Å². The standard InChI is InChI=1S/C4H7NO2/c6-5-1-4-2-7-3-4/h4H,1-3H2. The first-order chi connectivity index (χ1) is 3.43. The van der Waals surface area contributed by atoms with Crippen molar-refractivity contribution in [3.8, 4) is 0 Å². The third-order valence-electron chi connectivity index (χ3n) is 1.04. The molecule has 0 aliphatic carbocycles. The zero-order chi connectivity index (χ0) is 5.11. The van der Waals surface area contributed by atoms with E-state index >= 15 is 0 Å². The summed E-state index contributed by atoms with van der Waals surface area (Å²) in [5.41, 5.74) is 0. The molecule has 0 unspecified atom stereocenters. The minimum absolute atomic E-state index is 0.428. The van der Waals surface area contributed by atoms with Crippen molar-refractivity contribution in [2.75, 3.05) is 19.8 Å². The van der Waals surface area contributed by atoms with E-state index in [0.29, 0.717) is 12.5 Å². The Morgan fingerprint density at radius 3 is 2.57 bits per heavy atom. The largest absolute Gasteiger partial charge is 0.381 e. The molecule has 0 amide bonds. The lowest BCUT2D eigenvalue weighted by atomic mass is 10.1. The smallest absolute Gasteiger partial charge is 0.0883 e. The van der Waals surface area contributed by atoms with Gasteiger partial charge in [0.2, 0.25) is 0 Å². The topological polar surface area (TPSA) is 38.7 Å². The first kappa shape index (κ1) is 4.71. The molecule has 0 bridgehead atoms. The Morgan fingerprint density at radius 2 is 2.43 bits per heavy atom. The van der Waals surface area contributed by atoms with E-state index in [9.17, 15) is 4.91 Å². The Kier molecular flexibility index (Phi) is 1.36. The van der Waals surface area contributed by atoms with Gasteiger partial charge in [-0.2, -0.15) is 4.91 Å². The molecule has 7 heavy (non-hydrogen) atoms. The summed E-state index contributed by atoms with van der Waals surface area (Å²) in [7, 11) is 0. The lowest BCUT2D eigenvalue weighted by molar-refractivity contribution is -0.0267. The first-order valence-electron chi connectivity index (χ1n) is 2.30. The van der Waals surface area contributed by atoms with E-state index in [0.717, 1.165) is 13.2 Å². The van der Waals surface area contributed by atoms with Crippen molar-refractivity contribution >= 4 is 0 Å². The lowest BCUT2D eigenvalue weighted by Gasteiger charge is -2.22. The van der Waals surface area contributed by atoms with Crippen molar-refractivity contribution in [2.45, 2.75) is 0 Å². The molecular weight excluding hydrogens is 94.0 g/mol. The number of hydrogen-bond donors (Lipinski definition) is 0. The molecule has 0 spiro atoms. The highest BCUT2D eigenvalue weighted by molar-refractivity contribution is 4.66. The predicted molar refractivity (Wildman–Crippen MR) is 25.0 cm³/mol. The minimum Gasteiger partial charge on any atom is -0.381 e. The maximum atomic E-state index is 9.50. The summed E-state index contributed by atoms with van der Waals surface area (Å²) < 4.78 is 4.79. The van der Waals surface area contributed by atoms with Gasteiger partial charge in [0.25, 0.3) is 0 Å². The maximum absolute atomic E-state index is 9.50. The second kappa shape index (κ2) is 2.02. The highest BCUT2D eigenvalue weighted by Gasteiger charge is 2.17. The van der Waals surface area contributed by atoms with E-state index in [-0.39, 0.29) is 0 Å². The van der Waals surface area contributed by atoms with E-state index in [2.05, 4.69) is 5.18 Å². The summed E-state index contributed by atoms with van der Waals surface area (Å²) >= 11 is 0. The zero-order valence-corrected chi connectivity index (χ0v) is 3.96. The van der Waals surface area contributed by atoms with Crippen LogP contribution in [-0.4, -0.2) is 19.8 Å². The van der Waals surface area contributed by atoms with Gasteiger partial charge in [-0.05, 0) is 0 Å². The average molecular weight is 101 g/mol. The molecule has 0 atom stereocenters. The van der Waals surface area contributed by atoms with Crippen LogP contribution in [0.3, 0.4) is 0 Å². The normalized spacial score (nSPS) is 21.1. The Hall–Kier alpha value is -0.440. The van der Waals surface area contributed by atoms with E-state index in [1.807, 2.05) is 0 Å². The average Bonchev–Trinajstić information content (AvgIpc) is 1.55. The van der Waals surface area contributed by atoms with Gasteiger partial charge in [-0.3, -0.25) is 0 Å². The van der Waals surface area contributed by atoms with E-state index in [1.165, 1.54) is 0 Å². The molecule has 3 nitrogen and oxygen atoms in total. The molecule has 1 saturated heterocycles. The molecule has 1 heterocycles. The summed E-state index contributed by atoms with van der Waals surface area (Å²) in [5.74, 6) is 0.428. The van der Waals surface area contributed by atoms with Crippen LogP contribution in [0, 0.1) is 10.8 Å². The second-order valence-corrected chi connectivity index (χ2v) is 1.72. The predicted octanol–water partition coefficient (Wildman–Crippen LogP) is 0.399. The van der Waals surface area contributed by atoms with Crippen LogP contribution in [0.4, 0.5) is 0 Å². The van der Waals surface area contributed by atoms with Crippen molar-refractivity contribution in [3.05, 3.63) is 4.91 Å². The van der Waals surface area contributed by atoms with Crippen LogP contribution in [0.2, 0.25) is 0 Å². The number of nitroso groups, excluding NO2 is 1. The summed E-state index contributed by atoms with van der Waals surface area (Å²) in [6, 6.07) is 0. The van der Waals surface area contributed by atoms with Crippen LogP contribution in [-0.2, 0) is 4.74 Å². The molecule has 0 aromatic rings. The molecule has 1 fully saturated rings. The van der Waals surface area contributed by atoms with Crippen molar-refractivity contribution in [1.82, 2.24) is 0 Å². The highest BCUT2D eigenvalue weighted by atomic mass is 16.5. The molecule has 1 aliphatic heterocycles. The van der Waals surface area contributed by atoms with E-state index < -0.39 is 0 Å². The molecular formula is C4H7NO2. The highest BCUT2D eigenvalue weighted by Crippen LogP contribution is 2.08. The summed E-state index contributed by atoms with van der Waals surface area (Å²) in [6.07, 6.45) is 0. The van der Waals surface area contributed by atoms with Gasteiger partial charge in [-0.1, -0.05) is 5.18 Å². The molecule has 40 valence electrons. The van der Waals surface area contributed by atoms with Gasteiger partial charge in [0.1, 0.15) is 0 Å². The SMILES string of the molecule is O=NCC1COC1. The van der Waals surface area contributed by atoms with Crippen LogP contribution in [0.5, 0.6) is 0 Å². The summed E-state index contributed by atoms with van der Waals surface area (Å²) in [6.45, 7) is 1.89. The van der Waals surface area contributed by atoms with Gasteiger partial charge in [0.15, 0.2) is 0 Å². The third-order valence-corrected chi connectivity index (χ3v) is 1.04. The maximum Gasteiger partial charge on any atom is 0.0883 e. The van der Waals surface area contributed by atoms with Crippen molar-refractivity contribution in [1.29, 1.82) is 0 Å². The van der Waals surface area contributed by atoms with E-state index in [4.69, 9.17) is 4.74 Å². The van der Waals surface area contributed by atoms with Gasteiger partial charge < -0.3 is 4.74 Å². The van der Waals surface area contributed by atoms with Gasteiger partial charge in [0, 0.05) is 5.92 Å². The minimum atomic E-state index is 0.428. The fourth-order valence-corrected chi connectivity index (χ4v) is 0.495. The fraction of sp³-hybridized carbons (Fsp3) is 1.00. The van der Waals surface area contributed by atoms with Crippen LogP contribution >= 0.6 is 0 Å². The van der Waals surface area contributed by atoms with Crippen molar-refractivity contribution in [3.63, 3.8) is 0 Å². The Bertz CT molecular complexity index is 70.1.